The van der Waals surface area contributed by atoms with E-state index < -0.39 is 0 Å². The van der Waals surface area contributed by atoms with Gasteiger partial charge in [0.15, 0.2) is 5.82 Å². The van der Waals surface area contributed by atoms with E-state index in [2.05, 4.69) is 20.4 Å². The van der Waals surface area contributed by atoms with Crippen LogP contribution in [-0.2, 0) is 9.59 Å². The number of benzene rings is 2. The molecule has 2 fully saturated rings. The SMILES string of the molecule is Cc1ccc(N2CC(C(=O)Nc3ccc(-c4ccc(N5CCCC5)nn4)cc3)CC2=O)cc1C. The summed E-state index contributed by atoms with van der Waals surface area (Å²) in [4.78, 5) is 29.4. The molecule has 2 aliphatic rings. The molecule has 1 unspecified atom stereocenters. The summed E-state index contributed by atoms with van der Waals surface area (Å²) in [5, 5.41) is 11.7. The molecule has 34 heavy (non-hydrogen) atoms. The second-order valence-electron chi connectivity index (χ2n) is 9.21. The van der Waals surface area contributed by atoms with E-state index in [4.69, 9.17) is 0 Å². The number of amides is 2. The van der Waals surface area contributed by atoms with Gasteiger partial charge in [-0.3, -0.25) is 9.59 Å². The van der Waals surface area contributed by atoms with Crippen LogP contribution < -0.4 is 15.1 Å². The average Bonchev–Trinajstić information content (AvgIpc) is 3.52. The van der Waals surface area contributed by atoms with Crippen LogP contribution in [-0.4, -0.2) is 41.6 Å². The van der Waals surface area contributed by atoms with Crippen molar-refractivity contribution in [3.05, 3.63) is 65.7 Å². The van der Waals surface area contributed by atoms with Crippen LogP contribution in [0.25, 0.3) is 11.3 Å². The van der Waals surface area contributed by atoms with Gasteiger partial charge in [-0.15, -0.1) is 10.2 Å². The second kappa shape index (κ2) is 9.25. The molecule has 1 atom stereocenters. The molecule has 7 nitrogen and oxygen atoms in total. The highest BCUT2D eigenvalue weighted by atomic mass is 16.2. The molecule has 1 aromatic heterocycles. The van der Waals surface area contributed by atoms with Crippen LogP contribution in [0.5, 0.6) is 0 Å². The molecule has 2 saturated heterocycles. The van der Waals surface area contributed by atoms with Crippen LogP contribution in [0.2, 0.25) is 0 Å². The van der Waals surface area contributed by atoms with Crippen molar-refractivity contribution in [1.29, 1.82) is 0 Å². The number of hydrogen-bond donors (Lipinski definition) is 1. The first-order chi connectivity index (χ1) is 16.5. The number of aryl methyl sites for hydroxylation is 2. The lowest BCUT2D eigenvalue weighted by atomic mass is 10.1. The first-order valence-electron chi connectivity index (χ1n) is 11.9. The quantitative estimate of drug-likeness (QED) is 0.619. The second-order valence-corrected chi connectivity index (χ2v) is 9.21. The van der Waals surface area contributed by atoms with E-state index in [9.17, 15) is 9.59 Å². The minimum Gasteiger partial charge on any atom is -0.355 e. The molecule has 0 radical (unpaired) electrons. The molecule has 174 valence electrons. The molecule has 2 aromatic carbocycles. The maximum absolute atomic E-state index is 12.9. The van der Waals surface area contributed by atoms with Gasteiger partial charge < -0.3 is 15.1 Å². The summed E-state index contributed by atoms with van der Waals surface area (Å²) in [5.41, 5.74) is 5.61. The average molecular weight is 456 g/mol. The van der Waals surface area contributed by atoms with Gasteiger partial charge in [-0.2, -0.15) is 0 Å². The van der Waals surface area contributed by atoms with Gasteiger partial charge in [-0.05, 0) is 74.2 Å². The van der Waals surface area contributed by atoms with E-state index in [-0.39, 0.29) is 24.2 Å². The van der Waals surface area contributed by atoms with Crippen LogP contribution in [0.1, 0.15) is 30.4 Å². The molecule has 7 heteroatoms. The van der Waals surface area contributed by atoms with Gasteiger partial charge in [0.1, 0.15) is 0 Å². The van der Waals surface area contributed by atoms with Crippen molar-refractivity contribution in [1.82, 2.24) is 10.2 Å². The standard InChI is InChI=1S/C27H29N5O2/c1-18-5-10-23(15-19(18)2)32-17-21(16-26(32)33)27(34)28-22-8-6-20(7-9-22)24-11-12-25(30-29-24)31-13-3-4-14-31/h5-12,15,21H,3-4,13-14,16-17H2,1-2H3,(H,28,34). The lowest BCUT2D eigenvalue weighted by Crippen LogP contribution is -2.28. The van der Waals surface area contributed by atoms with Crippen molar-refractivity contribution in [3.8, 4) is 11.3 Å². The Hall–Kier alpha value is -3.74. The molecule has 3 heterocycles. The van der Waals surface area contributed by atoms with E-state index >= 15 is 0 Å². The lowest BCUT2D eigenvalue weighted by Gasteiger charge is -2.18. The number of aromatic nitrogens is 2. The fourth-order valence-corrected chi connectivity index (χ4v) is 4.59. The van der Waals surface area contributed by atoms with Crippen molar-refractivity contribution >= 4 is 29.0 Å². The number of rotatable bonds is 5. The Morgan fingerprint density at radius 1 is 0.941 bits per heavy atom. The summed E-state index contributed by atoms with van der Waals surface area (Å²) < 4.78 is 0. The number of nitrogens with zero attached hydrogens (tertiary/aromatic N) is 4. The normalized spacial score (nSPS) is 17.9. The Balaban J connectivity index is 1.21. The number of nitrogens with one attached hydrogen (secondary N) is 1. The summed E-state index contributed by atoms with van der Waals surface area (Å²) in [6.07, 6.45) is 2.63. The minimum atomic E-state index is -0.377. The molecule has 1 N–H and O–H groups in total. The smallest absolute Gasteiger partial charge is 0.229 e. The van der Waals surface area contributed by atoms with Crippen molar-refractivity contribution in [2.75, 3.05) is 34.8 Å². The zero-order valence-corrected chi connectivity index (χ0v) is 19.6. The predicted molar refractivity (Wildman–Crippen MR) is 134 cm³/mol. The summed E-state index contributed by atoms with van der Waals surface area (Å²) in [6, 6.07) is 17.5. The van der Waals surface area contributed by atoms with Gasteiger partial charge in [-0.1, -0.05) is 18.2 Å². The third-order valence-corrected chi connectivity index (χ3v) is 6.83. The Kier molecular flexibility index (Phi) is 6.01. The third kappa shape index (κ3) is 4.51. The molecule has 0 aliphatic carbocycles. The topological polar surface area (TPSA) is 78.4 Å². The molecule has 5 rings (SSSR count). The van der Waals surface area contributed by atoms with Crippen molar-refractivity contribution in [2.45, 2.75) is 33.1 Å². The van der Waals surface area contributed by atoms with Gasteiger partial charge in [-0.25, -0.2) is 0 Å². The maximum atomic E-state index is 12.9. The molecule has 0 bridgehead atoms. The van der Waals surface area contributed by atoms with Gasteiger partial charge in [0.05, 0.1) is 11.6 Å². The fraction of sp³-hybridized carbons (Fsp3) is 0.333. The Bertz CT molecular complexity index is 1200. The summed E-state index contributed by atoms with van der Waals surface area (Å²) >= 11 is 0. The number of carbonyl (C=O) groups is 2. The molecule has 2 aliphatic heterocycles. The summed E-state index contributed by atoms with van der Waals surface area (Å²) in [7, 11) is 0. The third-order valence-electron chi connectivity index (χ3n) is 6.83. The first-order valence-corrected chi connectivity index (χ1v) is 11.9. The van der Waals surface area contributed by atoms with Crippen molar-refractivity contribution < 1.29 is 9.59 Å². The number of carbonyl (C=O) groups excluding carboxylic acids is 2. The monoisotopic (exact) mass is 455 g/mol. The van der Waals surface area contributed by atoms with Crippen molar-refractivity contribution in [2.24, 2.45) is 5.92 Å². The first kappa shape index (κ1) is 22.1. The van der Waals surface area contributed by atoms with E-state index in [1.807, 2.05) is 68.4 Å². The fourth-order valence-electron chi connectivity index (χ4n) is 4.59. The van der Waals surface area contributed by atoms with E-state index in [0.717, 1.165) is 41.4 Å². The molecular weight excluding hydrogens is 426 g/mol. The Morgan fingerprint density at radius 2 is 1.71 bits per heavy atom. The van der Waals surface area contributed by atoms with Crippen LogP contribution in [0.15, 0.2) is 54.6 Å². The highest BCUT2D eigenvalue weighted by Crippen LogP contribution is 2.28. The van der Waals surface area contributed by atoms with Gasteiger partial charge in [0, 0.05) is 43.0 Å². The summed E-state index contributed by atoms with van der Waals surface area (Å²) in [5.74, 6) is 0.390. The molecule has 2 amide bonds. The van der Waals surface area contributed by atoms with E-state index in [0.29, 0.717) is 12.2 Å². The van der Waals surface area contributed by atoms with E-state index in [1.54, 1.807) is 4.90 Å². The summed E-state index contributed by atoms with van der Waals surface area (Å²) in [6.45, 7) is 6.54. The number of hydrogen-bond acceptors (Lipinski definition) is 5. The minimum absolute atomic E-state index is 0.0188. The predicted octanol–water partition coefficient (Wildman–Crippen LogP) is 4.35. The van der Waals surface area contributed by atoms with Crippen LogP contribution in [0, 0.1) is 19.8 Å². The molecular formula is C27H29N5O2. The van der Waals surface area contributed by atoms with Crippen molar-refractivity contribution in [3.63, 3.8) is 0 Å². The van der Waals surface area contributed by atoms with Gasteiger partial charge in [0.2, 0.25) is 11.8 Å². The molecule has 3 aromatic rings. The maximum Gasteiger partial charge on any atom is 0.229 e. The highest BCUT2D eigenvalue weighted by Gasteiger charge is 2.35. The Morgan fingerprint density at radius 3 is 2.38 bits per heavy atom. The molecule has 0 saturated carbocycles. The number of anilines is 3. The highest BCUT2D eigenvalue weighted by molar-refractivity contribution is 6.03. The Labute approximate surface area is 199 Å². The zero-order chi connectivity index (χ0) is 23.7. The van der Waals surface area contributed by atoms with Crippen LogP contribution in [0.4, 0.5) is 17.2 Å². The zero-order valence-electron chi connectivity index (χ0n) is 19.6. The largest absolute Gasteiger partial charge is 0.355 e. The van der Waals surface area contributed by atoms with Crippen LogP contribution in [0.3, 0.4) is 0 Å². The van der Waals surface area contributed by atoms with Gasteiger partial charge in [0.25, 0.3) is 0 Å². The lowest BCUT2D eigenvalue weighted by molar-refractivity contribution is -0.122. The van der Waals surface area contributed by atoms with Crippen LogP contribution >= 0.6 is 0 Å². The van der Waals surface area contributed by atoms with E-state index in [1.165, 1.54) is 18.4 Å². The van der Waals surface area contributed by atoms with Gasteiger partial charge >= 0.3 is 0 Å². The molecule has 0 spiro atoms.